The zero-order valence-electron chi connectivity index (χ0n) is 14.6. The summed E-state index contributed by atoms with van der Waals surface area (Å²) in [4.78, 5) is 19.8. The molecule has 5 nitrogen and oxygen atoms in total. The minimum atomic E-state index is -0.0849. The van der Waals surface area contributed by atoms with E-state index in [1.54, 1.807) is 6.07 Å². The monoisotopic (exact) mass is 354 g/mol. The van der Waals surface area contributed by atoms with Crippen LogP contribution in [0.25, 0.3) is 4.96 Å². The number of fused-ring (bicyclic) bond motifs is 2. The van der Waals surface area contributed by atoms with Gasteiger partial charge in [-0.1, -0.05) is 48.9 Å². The molecule has 130 valence electrons. The van der Waals surface area contributed by atoms with Crippen LogP contribution in [0.1, 0.15) is 36.6 Å². The summed E-state index contributed by atoms with van der Waals surface area (Å²) in [5.41, 5.74) is 3.65. The Hall–Kier alpha value is -2.21. The molecule has 0 spiro atoms. The maximum absolute atomic E-state index is 12.3. The molecule has 1 aliphatic rings. The second-order valence-electron chi connectivity index (χ2n) is 6.69. The number of benzene rings is 1. The molecule has 1 aromatic carbocycles. The molecule has 0 amide bonds. The maximum Gasteiger partial charge on any atom is 0.275 e. The van der Waals surface area contributed by atoms with Gasteiger partial charge >= 0.3 is 0 Å². The minimum Gasteiger partial charge on any atom is -0.346 e. The largest absolute Gasteiger partial charge is 0.346 e. The Balaban J connectivity index is 1.63. The fourth-order valence-corrected chi connectivity index (χ4v) is 4.50. The Kier molecular flexibility index (Phi) is 4.29. The van der Waals surface area contributed by atoms with Crippen molar-refractivity contribution < 1.29 is 0 Å². The lowest BCUT2D eigenvalue weighted by Crippen LogP contribution is -2.36. The summed E-state index contributed by atoms with van der Waals surface area (Å²) in [5, 5.41) is 5.39. The van der Waals surface area contributed by atoms with Gasteiger partial charge in [0.2, 0.25) is 10.1 Å². The van der Waals surface area contributed by atoms with Crippen LogP contribution in [0.3, 0.4) is 0 Å². The standard InChI is InChI=1S/C19H22N4OS/c1-3-6-15-12-17(24)23-18(20-15)25-19(21-23)22(2)16-10-9-13-7-4-5-8-14(13)11-16/h4-5,7-8,12,16H,3,6,9-11H2,1-2H3. The maximum atomic E-state index is 12.3. The van der Waals surface area contributed by atoms with Crippen LogP contribution >= 0.6 is 11.3 Å². The first-order valence-electron chi connectivity index (χ1n) is 8.85. The molecule has 3 aromatic rings. The van der Waals surface area contributed by atoms with Crippen LogP contribution in [0.4, 0.5) is 5.13 Å². The molecule has 2 heterocycles. The molecule has 25 heavy (non-hydrogen) atoms. The van der Waals surface area contributed by atoms with Crippen LogP contribution in [0.2, 0.25) is 0 Å². The number of likely N-dealkylation sites (N-methyl/N-ethyl adjacent to an activating group) is 1. The van der Waals surface area contributed by atoms with Gasteiger partial charge < -0.3 is 4.90 Å². The molecule has 0 saturated carbocycles. The van der Waals surface area contributed by atoms with E-state index in [1.165, 1.54) is 27.0 Å². The lowest BCUT2D eigenvalue weighted by atomic mass is 9.88. The van der Waals surface area contributed by atoms with E-state index in [9.17, 15) is 4.79 Å². The van der Waals surface area contributed by atoms with Gasteiger partial charge in [-0.2, -0.15) is 4.52 Å². The third-order valence-corrected chi connectivity index (χ3v) is 5.96. The lowest BCUT2D eigenvalue weighted by molar-refractivity contribution is 0.545. The average Bonchev–Trinajstić information content (AvgIpc) is 3.06. The fraction of sp³-hybridized carbons (Fsp3) is 0.421. The first-order valence-corrected chi connectivity index (χ1v) is 9.66. The Bertz CT molecular complexity index is 961. The summed E-state index contributed by atoms with van der Waals surface area (Å²) in [6.45, 7) is 2.09. The number of anilines is 1. The number of hydrogen-bond acceptors (Lipinski definition) is 5. The van der Waals surface area contributed by atoms with Gasteiger partial charge in [-0.05, 0) is 36.8 Å². The van der Waals surface area contributed by atoms with E-state index in [2.05, 4.69) is 53.2 Å². The highest BCUT2D eigenvalue weighted by molar-refractivity contribution is 7.20. The smallest absolute Gasteiger partial charge is 0.275 e. The van der Waals surface area contributed by atoms with Crippen molar-refractivity contribution in [2.75, 3.05) is 11.9 Å². The van der Waals surface area contributed by atoms with Crippen LogP contribution in [-0.4, -0.2) is 27.7 Å². The minimum absolute atomic E-state index is 0.0849. The summed E-state index contributed by atoms with van der Waals surface area (Å²) < 4.78 is 1.44. The van der Waals surface area contributed by atoms with Crippen LogP contribution in [-0.2, 0) is 19.3 Å². The van der Waals surface area contributed by atoms with Gasteiger partial charge in [0.05, 0.1) is 0 Å². The molecule has 1 aliphatic carbocycles. The van der Waals surface area contributed by atoms with E-state index in [-0.39, 0.29) is 5.56 Å². The van der Waals surface area contributed by atoms with Gasteiger partial charge in [0.1, 0.15) is 0 Å². The van der Waals surface area contributed by atoms with Crippen LogP contribution < -0.4 is 10.5 Å². The van der Waals surface area contributed by atoms with Crippen molar-refractivity contribution in [1.29, 1.82) is 0 Å². The predicted octanol–water partition coefficient (Wildman–Crippen LogP) is 3.10. The lowest BCUT2D eigenvalue weighted by Gasteiger charge is -2.31. The summed E-state index contributed by atoms with van der Waals surface area (Å²) >= 11 is 1.50. The molecule has 0 bridgehead atoms. The average molecular weight is 354 g/mol. The third-order valence-electron chi connectivity index (χ3n) is 4.96. The van der Waals surface area contributed by atoms with Crippen molar-refractivity contribution in [3.05, 3.63) is 57.5 Å². The Morgan fingerprint density at radius 3 is 2.92 bits per heavy atom. The molecule has 0 fully saturated rings. The van der Waals surface area contributed by atoms with Crippen LogP contribution in [0.15, 0.2) is 35.1 Å². The molecular weight excluding hydrogens is 332 g/mol. The molecule has 0 radical (unpaired) electrons. The summed E-state index contributed by atoms with van der Waals surface area (Å²) in [7, 11) is 2.08. The van der Waals surface area contributed by atoms with Crippen molar-refractivity contribution in [2.24, 2.45) is 0 Å². The van der Waals surface area contributed by atoms with Gasteiger partial charge in [0.25, 0.3) is 5.56 Å². The number of hydrogen-bond donors (Lipinski definition) is 0. The number of rotatable bonds is 4. The summed E-state index contributed by atoms with van der Waals surface area (Å²) in [6.07, 6.45) is 5.03. The normalized spacial score (nSPS) is 16.8. The number of nitrogens with zero attached hydrogens (tertiary/aromatic N) is 4. The van der Waals surface area contributed by atoms with Crippen LogP contribution in [0, 0.1) is 0 Å². The molecule has 2 aromatic heterocycles. The summed E-state index contributed by atoms with van der Waals surface area (Å²) in [6, 6.07) is 10.7. The molecule has 0 aliphatic heterocycles. The summed E-state index contributed by atoms with van der Waals surface area (Å²) in [5.74, 6) is 0. The first-order chi connectivity index (χ1) is 12.2. The van der Waals surface area contributed by atoms with E-state index < -0.39 is 0 Å². The van der Waals surface area contributed by atoms with Crippen molar-refractivity contribution in [2.45, 2.75) is 45.1 Å². The van der Waals surface area contributed by atoms with E-state index in [4.69, 9.17) is 0 Å². The number of aryl methyl sites for hydroxylation is 2. The first kappa shape index (κ1) is 16.3. The van der Waals surface area contributed by atoms with Gasteiger partial charge in [0.15, 0.2) is 0 Å². The Morgan fingerprint density at radius 2 is 2.12 bits per heavy atom. The Morgan fingerprint density at radius 1 is 1.32 bits per heavy atom. The molecule has 1 unspecified atom stereocenters. The zero-order valence-corrected chi connectivity index (χ0v) is 15.4. The second-order valence-corrected chi connectivity index (χ2v) is 7.63. The van der Waals surface area contributed by atoms with E-state index in [1.807, 2.05) is 0 Å². The van der Waals surface area contributed by atoms with Gasteiger partial charge in [-0.15, -0.1) is 5.10 Å². The van der Waals surface area contributed by atoms with E-state index in [0.717, 1.165) is 42.9 Å². The van der Waals surface area contributed by atoms with Gasteiger partial charge in [-0.3, -0.25) is 4.79 Å². The molecule has 6 heteroatoms. The van der Waals surface area contributed by atoms with Gasteiger partial charge in [-0.25, -0.2) is 4.98 Å². The quantitative estimate of drug-likeness (QED) is 0.722. The SMILES string of the molecule is CCCc1cc(=O)n2nc(N(C)C3CCc4ccccc4C3)sc2n1. The molecule has 1 atom stereocenters. The predicted molar refractivity (Wildman–Crippen MR) is 102 cm³/mol. The van der Waals surface area contributed by atoms with Gasteiger partial charge in [0, 0.05) is 24.8 Å². The van der Waals surface area contributed by atoms with E-state index >= 15 is 0 Å². The molecular formula is C19H22N4OS. The highest BCUT2D eigenvalue weighted by Crippen LogP contribution is 2.29. The molecule has 4 rings (SSSR count). The fourth-order valence-electron chi connectivity index (χ4n) is 3.54. The highest BCUT2D eigenvalue weighted by Gasteiger charge is 2.24. The van der Waals surface area contributed by atoms with Crippen molar-refractivity contribution in [1.82, 2.24) is 14.6 Å². The molecule has 0 N–H and O–H groups in total. The topological polar surface area (TPSA) is 50.5 Å². The second kappa shape index (κ2) is 6.59. The van der Waals surface area contributed by atoms with Crippen molar-refractivity contribution >= 4 is 21.4 Å². The Labute approximate surface area is 151 Å². The third kappa shape index (κ3) is 3.06. The molecule has 0 saturated heterocycles. The van der Waals surface area contributed by atoms with Crippen molar-refractivity contribution in [3.63, 3.8) is 0 Å². The van der Waals surface area contributed by atoms with E-state index in [0.29, 0.717) is 11.0 Å². The zero-order chi connectivity index (χ0) is 17.4. The number of aromatic nitrogens is 3. The van der Waals surface area contributed by atoms with Crippen molar-refractivity contribution in [3.8, 4) is 0 Å². The highest BCUT2D eigenvalue weighted by atomic mass is 32.1. The van der Waals surface area contributed by atoms with Crippen LogP contribution in [0.5, 0.6) is 0 Å².